The maximum atomic E-state index is 6.98. The molecule has 0 bridgehead atoms. The van der Waals surface area contributed by atoms with Gasteiger partial charge in [0.1, 0.15) is 17.3 Å². The van der Waals surface area contributed by atoms with Crippen molar-refractivity contribution in [2.24, 2.45) is 0 Å². The number of para-hydroxylation sites is 1. The van der Waals surface area contributed by atoms with Crippen LogP contribution in [0.15, 0.2) is 97.2 Å². The maximum absolute atomic E-state index is 6.98. The molecule has 2 fully saturated rings. The summed E-state index contributed by atoms with van der Waals surface area (Å²) in [6, 6.07) is 33.0. The van der Waals surface area contributed by atoms with Crippen molar-refractivity contribution in [2.75, 3.05) is 0 Å². The van der Waals surface area contributed by atoms with Gasteiger partial charge < -0.3 is 4.74 Å². The number of rotatable bonds is 7. The quantitative estimate of drug-likeness (QED) is 0.163. The van der Waals surface area contributed by atoms with E-state index >= 15 is 0 Å². The van der Waals surface area contributed by atoms with E-state index in [-0.39, 0.29) is 5.41 Å². The molecule has 0 radical (unpaired) electrons. The standard InChI is InChI=1S/C51H56N4O/c1-33-26-27-52-46(28-33)54-44-23-14-13-22-42(44)43-25-24-40(32-45(43)54)56-41-30-38(51(4,5)6)29-39(31-41)55-50(37-20-11-8-12-21-37)48(47-34(2)16-15-17-35(47)3)49(53-55)36-18-9-7-10-19-36/h13-17,22-32,36-37H,7-12,18-21H2,1-6H3. The van der Waals surface area contributed by atoms with E-state index in [0.29, 0.717) is 11.8 Å². The molecule has 0 spiro atoms. The van der Waals surface area contributed by atoms with Crippen molar-refractivity contribution in [1.82, 2.24) is 19.3 Å². The molecule has 2 aliphatic carbocycles. The molecule has 2 aliphatic rings. The van der Waals surface area contributed by atoms with Crippen LogP contribution in [0.5, 0.6) is 11.5 Å². The van der Waals surface area contributed by atoms with Gasteiger partial charge in [0.05, 0.1) is 28.1 Å². The molecule has 0 atom stereocenters. The highest BCUT2D eigenvalue weighted by Crippen LogP contribution is 2.48. The summed E-state index contributed by atoms with van der Waals surface area (Å²) in [6.45, 7) is 13.6. The summed E-state index contributed by atoms with van der Waals surface area (Å²) >= 11 is 0. The predicted octanol–water partition coefficient (Wildman–Crippen LogP) is 14.1. The summed E-state index contributed by atoms with van der Waals surface area (Å²) in [5, 5.41) is 8.17. The monoisotopic (exact) mass is 740 g/mol. The van der Waals surface area contributed by atoms with Gasteiger partial charge in [0, 0.05) is 46.5 Å². The first-order valence-electron chi connectivity index (χ1n) is 21.1. The molecule has 3 heterocycles. The summed E-state index contributed by atoms with van der Waals surface area (Å²) in [5.41, 5.74) is 13.9. The van der Waals surface area contributed by atoms with Gasteiger partial charge in [0.2, 0.25) is 0 Å². The summed E-state index contributed by atoms with van der Waals surface area (Å²) in [7, 11) is 0. The molecule has 0 unspecified atom stereocenters. The number of pyridine rings is 1. The number of hydrogen-bond acceptors (Lipinski definition) is 3. The fourth-order valence-electron chi connectivity index (χ4n) is 9.76. The van der Waals surface area contributed by atoms with E-state index in [1.165, 1.54) is 120 Å². The van der Waals surface area contributed by atoms with E-state index in [1.807, 2.05) is 12.3 Å². The number of fused-ring (bicyclic) bond motifs is 3. The lowest BCUT2D eigenvalue weighted by atomic mass is 9.79. The third-order valence-corrected chi connectivity index (χ3v) is 12.7. The highest BCUT2D eigenvalue weighted by molar-refractivity contribution is 6.09. The largest absolute Gasteiger partial charge is 0.457 e. The van der Waals surface area contributed by atoms with E-state index in [9.17, 15) is 0 Å². The lowest BCUT2D eigenvalue weighted by Gasteiger charge is -2.27. The normalized spacial score (nSPS) is 15.9. The van der Waals surface area contributed by atoms with Gasteiger partial charge in [-0.05, 0) is 122 Å². The Morgan fingerprint density at radius 2 is 1.32 bits per heavy atom. The predicted molar refractivity (Wildman–Crippen MR) is 232 cm³/mol. The van der Waals surface area contributed by atoms with Crippen LogP contribution in [0.2, 0.25) is 0 Å². The van der Waals surface area contributed by atoms with Crippen molar-refractivity contribution >= 4 is 21.8 Å². The number of aryl methyl sites for hydroxylation is 3. The average Bonchev–Trinajstić information content (AvgIpc) is 3.74. The number of aromatic nitrogens is 4. The molecular weight excluding hydrogens is 685 g/mol. The fourth-order valence-corrected chi connectivity index (χ4v) is 9.76. The van der Waals surface area contributed by atoms with Crippen molar-refractivity contribution in [3.05, 3.63) is 131 Å². The van der Waals surface area contributed by atoms with E-state index in [0.717, 1.165) is 34.0 Å². The molecule has 0 N–H and O–H groups in total. The molecule has 56 heavy (non-hydrogen) atoms. The Morgan fingerprint density at radius 3 is 2.04 bits per heavy atom. The lowest BCUT2D eigenvalue weighted by Crippen LogP contribution is -2.15. The highest BCUT2D eigenvalue weighted by atomic mass is 16.5. The first-order chi connectivity index (χ1) is 27.1. The van der Waals surface area contributed by atoms with E-state index in [1.54, 1.807) is 0 Å². The molecule has 7 aromatic rings. The number of benzene rings is 4. The Bertz CT molecular complexity index is 2530. The van der Waals surface area contributed by atoms with Gasteiger partial charge in [0.25, 0.3) is 0 Å². The van der Waals surface area contributed by atoms with Gasteiger partial charge in [-0.25, -0.2) is 9.67 Å². The van der Waals surface area contributed by atoms with Gasteiger partial charge in [-0.1, -0.05) is 95.7 Å². The Hall–Kier alpha value is -5.16. The highest BCUT2D eigenvalue weighted by Gasteiger charge is 2.33. The first kappa shape index (κ1) is 36.5. The van der Waals surface area contributed by atoms with Crippen molar-refractivity contribution in [3.8, 4) is 34.1 Å². The van der Waals surface area contributed by atoms with E-state index in [2.05, 4.69) is 136 Å². The Labute approximate surface area is 332 Å². The topological polar surface area (TPSA) is 44.9 Å². The molecule has 5 heteroatoms. The third kappa shape index (κ3) is 6.73. The SMILES string of the molecule is Cc1ccnc(-n2c3ccccc3c3ccc(Oc4cc(-n5nc(C6CCCCC6)c(-c6c(C)cccc6C)c5C5CCCCC5)cc(C(C)(C)C)c4)cc32)c1. The second-order valence-corrected chi connectivity index (χ2v) is 17.8. The summed E-state index contributed by atoms with van der Waals surface area (Å²) in [4.78, 5) is 4.81. The molecule has 9 rings (SSSR count). The lowest BCUT2D eigenvalue weighted by molar-refractivity contribution is 0.428. The third-order valence-electron chi connectivity index (χ3n) is 12.7. The second kappa shape index (κ2) is 14.7. The van der Waals surface area contributed by atoms with Gasteiger partial charge in [0.15, 0.2) is 0 Å². The van der Waals surface area contributed by atoms with Crippen LogP contribution in [0.1, 0.15) is 130 Å². The number of ether oxygens (including phenoxy) is 1. The zero-order chi connectivity index (χ0) is 38.6. The average molecular weight is 741 g/mol. The minimum Gasteiger partial charge on any atom is -0.457 e. The van der Waals surface area contributed by atoms with Crippen LogP contribution in [-0.2, 0) is 5.41 Å². The second-order valence-electron chi connectivity index (χ2n) is 17.8. The maximum Gasteiger partial charge on any atom is 0.137 e. The first-order valence-corrected chi connectivity index (χ1v) is 21.1. The smallest absolute Gasteiger partial charge is 0.137 e. The van der Waals surface area contributed by atoms with Crippen LogP contribution in [0, 0.1) is 20.8 Å². The molecule has 5 nitrogen and oxygen atoms in total. The minimum absolute atomic E-state index is 0.0961. The zero-order valence-corrected chi connectivity index (χ0v) is 34.2. The Kier molecular flexibility index (Phi) is 9.59. The van der Waals surface area contributed by atoms with Crippen LogP contribution in [0.25, 0.3) is 44.4 Å². The van der Waals surface area contributed by atoms with Gasteiger partial charge in [-0.15, -0.1) is 0 Å². The van der Waals surface area contributed by atoms with Crippen LogP contribution in [0.4, 0.5) is 0 Å². The molecule has 0 aliphatic heterocycles. The zero-order valence-electron chi connectivity index (χ0n) is 34.2. The van der Waals surface area contributed by atoms with Crippen LogP contribution >= 0.6 is 0 Å². The Balaban J connectivity index is 1.23. The molecular formula is C51H56N4O. The van der Waals surface area contributed by atoms with Crippen LogP contribution < -0.4 is 4.74 Å². The van der Waals surface area contributed by atoms with Crippen LogP contribution in [-0.4, -0.2) is 19.3 Å². The van der Waals surface area contributed by atoms with E-state index in [4.69, 9.17) is 14.8 Å². The van der Waals surface area contributed by atoms with Gasteiger partial charge in [-0.2, -0.15) is 5.10 Å². The number of hydrogen-bond donors (Lipinski definition) is 0. The van der Waals surface area contributed by atoms with Gasteiger partial charge >= 0.3 is 0 Å². The van der Waals surface area contributed by atoms with Crippen molar-refractivity contribution in [3.63, 3.8) is 0 Å². The van der Waals surface area contributed by atoms with Crippen molar-refractivity contribution in [1.29, 1.82) is 0 Å². The fraction of sp³-hybridized carbons (Fsp3) is 0.373. The molecule has 0 amide bonds. The summed E-state index contributed by atoms with van der Waals surface area (Å²) in [5.74, 6) is 3.49. The van der Waals surface area contributed by atoms with Gasteiger partial charge in [-0.3, -0.25) is 4.57 Å². The number of nitrogens with zero attached hydrogens (tertiary/aromatic N) is 4. The Morgan fingerprint density at radius 1 is 0.625 bits per heavy atom. The van der Waals surface area contributed by atoms with Crippen molar-refractivity contribution < 1.29 is 4.74 Å². The molecule has 4 aromatic carbocycles. The minimum atomic E-state index is -0.0961. The molecule has 3 aromatic heterocycles. The van der Waals surface area contributed by atoms with Crippen LogP contribution in [0.3, 0.4) is 0 Å². The molecule has 286 valence electrons. The summed E-state index contributed by atoms with van der Waals surface area (Å²) in [6.07, 6.45) is 14.5. The molecule has 2 saturated carbocycles. The van der Waals surface area contributed by atoms with Crippen molar-refractivity contribution in [2.45, 2.75) is 123 Å². The summed E-state index contributed by atoms with van der Waals surface area (Å²) < 4.78 is 11.6. The van der Waals surface area contributed by atoms with E-state index < -0.39 is 0 Å². The molecule has 0 saturated heterocycles.